The summed E-state index contributed by atoms with van der Waals surface area (Å²) in [7, 11) is 1.73. The fourth-order valence-electron chi connectivity index (χ4n) is 2.22. The van der Waals surface area contributed by atoms with Crippen molar-refractivity contribution in [3.05, 3.63) is 65.5 Å². The zero-order valence-corrected chi connectivity index (χ0v) is 13.7. The largest absolute Gasteiger partial charge is 0.322 e. The van der Waals surface area contributed by atoms with E-state index in [-0.39, 0.29) is 38.4 Å². The average Bonchev–Trinajstić information content (AvgIpc) is 2.60. The quantitative estimate of drug-likeness (QED) is 0.603. The summed E-state index contributed by atoms with van der Waals surface area (Å²) in [5.74, 6) is -0.418. The third kappa shape index (κ3) is 2.94. The van der Waals surface area contributed by atoms with Gasteiger partial charge >= 0.3 is 0 Å². The summed E-state index contributed by atoms with van der Waals surface area (Å²) in [6.45, 7) is 0.0751. The van der Waals surface area contributed by atoms with Crippen molar-refractivity contribution >= 4 is 17.3 Å². The van der Waals surface area contributed by atoms with Gasteiger partial charge in [0.2, 0.25) is 5.91 Å². The van der Waals surface area contributed by atoms with Crippen LogP contribution in [0, 0.1) is 11.9 Å². The van der Waals surface area contributed by atoms with E-state index in [1.807, 2.05) is 24.3 Å². The van der Waals surface area contributed by atoms with Crippen LogP contribution in [0.1, 0.15) is 11.1 Å². The second kappa shape index (κ2) is 6.29. The van der Waals surface area contributed by atoms with Gasteiger partial charge in [-0.15, -0.1) is 29.8 Å². The number of anilines is 1. The molecule has 0 spiro atoms. The zero-order valence-electron chi connectivity index (χ0n) is 11.3. The van der Waals surface area contributed by atoms with Crippen molar-refractivity contribution in [1.29, 1.82) is 0 Å². The molecule has 109 valence electrons. The topological polar surface area (TPSA) is 32.7 Å². The Labute approximate surface area is 135 Å². The second-order valence-corrected chi connectivity index (χ2v) is 4.56. The van der Waals surface area contributed by atoms with E-state index in [1.54, 1.807) is 18.0 Å². The molecule has 21 heavy (non-hydrogen) atoms. The van der Waals surface area contributed by atoms with Gasteiger partial charge in [0.25, 0.3) is 0 Å². The Morgan fingerprint density at radius 2 is 2.00 bits per heavy atom. The van der Waals surface area contributed by atoms with E-state index in [2.05, 4.69) is 11.1 Å². The molecular weight excluding hydrogens is 447 g/mol. The van der Waals surface area contributed by atoms with Crippen molar-refractivity contribution in [3.63, 3.8) is 0 Å². The van der Waals surface area contributed by atoms with Gasteiger partial charge in [0.1, 0.15) is 6.54 Å². The van der Waals surface area contributed by atoms with E-state index >= 15 is 0 Å². The summed E-state index contributed by atoms with van der Waals surface area (Å²) < 4.78 is 13.0. The predicted octanol–water partition coefficient (Wildman–Crippen LogP) is 2.44. The molecule has 1 aliphatic rings. The molecule has 0 unspecified atom stereocenters. The zero-order chi connectivity index (χ0) is 14.1. The Bertz CT molecular complexity index is 698. The van der Waals surface area contributed by atoms with Crippen LogP contribution in [-0.2, 0) is 24.9 Å². The van der Waals surface area contributed by atoms with Gasteiger partial charge in [-0.1, -0.05) is 18.2 Å². The van der Waals surface area contributed by atoms with Crippen LogP contribution in [-0.4, -0.2) is 25.2 Å². The number of benzodiazepines with no additional fused rings is 1. The summed E-state index contributed by atoms with van der Waals surface area (Å²) in [6, 6.07) is 14.7. The normalized spacial score (nSPS) is 13.9. The van der Waals surface area contributed by atoms with E-state index in [0.29, 0.717) is 11.3 Å². The Hall–Kier alpha value is -1.84. The third-order valence-electron chi connectivity index (χ3n) is 3.30. The van der Waals surface area contributed by atoms with Crippen molar-refractivity contribution in [1.82, 2.24) is 0 Å². The first-order valence-electron chi connectivity index (χ1n) is 6.25. The number of halogens is 1. The molecule has 3 nitrogen and oxygen atoms in total. The second-order valence-electron chi connectivity index (χ2n) is 4.56. The maximum Gasteiger partial charge on any atom is 0.247 e. The molecule has 0 saturated carbocycles. The SMILES string of the molecule is CN1C(=O)CN=C(c2[c-]cc(F)cc2)c2ccccc21.[Ir]. The average molecular weight is 460 g/mol. The minimum absolute atomic E-state index is 0. The third-order valence-corrected chi connectivity index (χ3v) is 3.30. The number of fused-ring (bicyclic) bond motifs is 1. The minimum atomic E-state index is -0.343. The first kappa shape index (κ1) is 15.5. The predicted molar refractivity (Wildman–Crippen MR) is 75.6 cm³/mol. The van der Waals surface area contributed by atoms with Crippen molar-refractivity contribution < 1.29 is 29.3 Å². The molecule has 0 aromatic heterocycles. The molecule has 5 heteroatoms. The minimum Gasteiger partial charge on any atom is -0.322 e. The molecule has 2 aromatic rings. The van der Waals surface area contributed by atoms with Gasteiger partial charge in [-0.05, 0) is 17.3 Å². The Morgan fingerprint density at radius 3 is 2.71 bits per heavy atom. The molecular formula is C16H12FIrN2O-. The van der Waals surface area contributed by atoms with Gasteiger partial charge in [-0.2, -0.15) is 0 Å². The molecule has 0 atom stereocenters. The maximum absolute atomic E-state index is 13.0. The molecule has 0 fully saturated rings. The number of para-hydroxylation sites is 1. The molecule has 3 rings (SSSR count). The molecule has 0 bridgehead atoms. The number of hydrogen-bond acceptors (Lipinski definition) is 2. The van der Waals surface area contributed by atoms with Crippen LogP contribution in [0.2, 0.25) is 0 Å². The van der Waals surface area contributed by atoms with Crippen LogP contribution >= 0.6 is 0 Å². The van der Waals surface area contributed by atoms with Crippen LogP contribution in [0.3, 0.4) is 0 Å². The number of likely N-dealkylation sites (N-methyl/N-ethyl adjacent to an activating group) is 1. The number of hydrogen-bond donors (Lipinski definition) is 0. The molecule has 0 saturated heterocycles. The fourth-order valence-corrected chi connectivity index (χ4v) is 2.22. The Morgan fingerprint density at radius 1 is 1.24 bits per heavy atom. The Balaban J connectivity index is 0.00000161. The molecule has 0 aliphatic carbocycles. The number of benzene rings is 2. The van der Waals surface area contributed by atoms with Crippen LogP contribution in [0.25, 0.3) is 0 Å². The van der Waals surface area contributed by atoms with Gasteiger partial charge in [0.05, 0.1) is 0 Å². The molecule has 1 amide bonds. The van der Waals surface area contributed by atoms with Gasteiger partial charge in [0, 0.05) is 38.7 Å². The number of carbonyl (C=O) groups excluding carboxylic acids is 1. The van der Waals surface area contributed by atoms with Crippen molar-refractivity contribution in [3.8, 4) is 0 Å². The van der Waals surface area contributed by atoms with E-state index in [4.69, 9.17) is 0 Å². The first-order valence-corrected chi connectivity index (χ1v) is 6.25. The van der Waals surface area contributed by atoms with Crippen molar-refractivity contribution in [2.24, 2.45) is 4.99 Å². The molecule has 0 N–H and O–H groups in total. The van der Waals surface area contributed by atoms with Gasteiger partial charge in [-0.25, -0.2) is 0 Å². The van der Waals surface area contributed by atoms with Gasteiger partial charge in [0.15, 0.2) is 0 Å². The number of aliphatic imine (C=N–C) groups is 1. The summed E-state index contributed by atoms with van der Waals surface area (Å²) in [5.41, 5.74) is 3.00. The Kier molecular flexibility index (Phi) is 4.66. The molecule has 1 radical (unpaired) electrons. The van der Waals surface area contributed by atoms with Gasteiger partial charge in [-0.3, -0.25) is 9.18 Å². The van der Waals surface area contributed by atoms with Crippen LogP contribution in [0.5, 0.6) is 0 Å². The number of rotatable bonds is 1. The van der Waals surface area contributed by atoms with Gasteiger partial charge < -0.3 is 9.89 Å². The molecule has 1 aliphatic heterocycles. The summed E-state index contributed by atoms with van der Waals surface area (Å²) in [4.78, 5) is 17.9. The van der Waals surface area contributed by atoms with Crippen LogP contribution in [0.15, 0.2) is 47.5 Å². The van der Waals surface area contributed by atoms with E-state index < -0.39 is 0 Å². The van der Waals surface area contributed by atoms with Crippen LogP contribution < -0.4 is 4.90 Å². The van der Waals surface area contributed by atoms with Crippen LogP contribution in [0.4, 0.5) is 10.1 Å². The first-order chi connectivity index (χ1) is 9.66. The monoisotopic (exact) mass is 460 g/mol. The number of carbonyl (C=O) groups is 1. The fraction of sp³-hybridized carbons (Fsp3) is 0.125. The maximum atomic E-state index is 13.0. The smallest absolute Gasteiger partial charge is 0.247 e. The summed E-state index contributed by atoms with van der Waals surface area (Å²) in [5, 5.41) is 0. The number of nitrogens with zero attached hydrogens (tertiary/aromatic N) is 2. The summed E-state index contributed by atoms with van der Waals surface area (Å²) >= 11 is 0. The number of amides is 1. The summed E-state index contributed by atoms with van der Waals surface area (Å²) in [6.07, 6.45) is 0. The van der Waals surface area contributed by atoms with E-state index in [1.165, 1.54) is 12.1 Å². The molecule has 1 heterocycles. The van der Waals surface area contributed by atoms with E-state index in [9.17, 15) is 9.18 Å². The standard InChI is InChI=1S/C16H12FN2O.Ir/c1-19-14-5-3-2-4-13(14)16(18-10-15(19)20)11-6-8-12(17)9-7-11;/h2-6,8-9H,10H2,1H3;/q-1;. The van der Waals surface area contributed by atoms with Crippen molar-refractivity contribution in [2.75, 3.05) is 18.5 Å². The molecule has 2 aromatic carbocycles. The van der Waals surface area contributed by atoms with E-state index in [0.717, 1.165) is 11.3 Å². The van der Waals surface area contributed by atoms with Crippen molar-refractivity contribution in [2.45, 2.75) is 0 Å².